The highest BCUT2D eigenvalue weighted by Gasteiger charge is 2.31. The molecule has 2 atom stereocenters. The van der Waals surface area contributed by atoms with Gasteiger partial charge in [-0.1, -0.05) is 62.4 Å². The molecule has 0 fully saturated rings. The monoisotopic (exact) mass is 612 g/mol. The van der Waals surface area contributed by atoms with Gasteiger partial charge in [0.1, 0.15) is 17.8 Å². The maximum Gasteiger partial charge on any atom is 0.407 e. The summed E-state index contributed by atoms with van der Waals surface area (Å²) in [5.74, 6) is -0.693. The highest BCUT2D eigenvalue weighted by molar-refractivity contribution is 5.86. The number of carbonyl (C=O) groups excluding carboxylic acids is 2. The molecule has 2 amide bonds. The van der Waals surface area contributed by atoms with Crippen LogP contribution < -0.4 is 21.7 Å². The van der Waals surface area contributed by atoms with E-state index in [1.165, 1.54) is 0 Å². The number of carbonyl (C=O) groups is 2. The van der Waals surface area contributed by atoms with Crippen LogP contribution in [0.15, 0.2) is 53.6 Å². The Morgan fingerprint density at radius 3 is 2.14 bits per heavy atom. The topological polar surface area (TPSA) is 179 Å². The number of hydrazone groups is 1. The van der Waals surface area contributed by atoms with Crippen LogP contribution in [-0.4, -0.2) is 67.7 Å². The summed E-state index contributed by atoms with van der Waals surface area (Å²) in [6.45, 7) is 8.84. The number of nitrogens with zero attached hydrogens (tertiary/aromatic N) is 2. The van der Waals surface area contributed by atoms with Crippen LogP contribution in [0.5, 0.6) is 0 Å². The minimum absolute atomic E-state index is 0.0936. The van der Waals surface area contributed by atoms with Crippen molar-refractivity contribution in [3.8, 4) is 11.1 Å². The molecule has 0 aliphatic heterocycles. The molecule has 0 spiro atoms. The number of rotatable bonds is 17. The van der Waals surface area contributed by atoms with Crippen molar-refractivity contribution in [1.82, 2.24) is 16.0 Å². The lowest BCUT2D eigenvalue weighted by atomic mass is 9.98. The number of alkyl carbamates (subject to hydrolysis) is 1. The van der Waals surface area contributed by atoms with E-state index in [2.05, 4.69) is 33.2 Å². The van der Waals surface area contributed by atoms with E-state index in [1.54, 1.807) is 0 Å². The van der Waals surface area contributed by atoms with Crippen molar-refractivity contribution in [3.63, 3.8) is 0 Å². The summed E-state index contributed by atoms with van der Waals surface area (Å²) in [6, 6.07) is 14.6. The second-order valence-electron chi connectivity index (χ2n) is 10.8. The third-order valence-corrected chi connectivity index (χ3v) is 7.16. The lowest BCUT2D eigenvalue weighted by Crippen LogP contribution is -2.54. The Balaban J connectivity index is 1.71. The number of nitrogens with two attached hydrogens (primary N) is 1. The van der Waals surface area contributed by atoms with Crippen molar-refractivity contribution in [2.45, 2.75) is 71.2 Å². The van der Waals surface area contributed by atoms with Gasteiger partial charge in [0, 0.05) is 25.7 Å². The normalized spacial score (nSPS) is 14.1. The average Bonchev–Trinajstić information content (AvgIpc) is 3.30. The smallest absolute Gasteiger partial charge is 0.407 e. The molecule has 0 heterocycles. The SMILES string of the molecule is CCOC(OCC)[C@H](CC(C)C)NC(=O)[C@H](CCCN/C(N)=N/[N+](=O)[O-])NC(=O)OCC1c2ccccc2-c2ccccc21. The lowest BCUT2D eigenvalue weighted by molar-refractivity contribution is -0.485. The number of hydrogen-bond acceptors (Lipinski definition) is 7. The van der Waals surface area contributed by atoms with E-state index in [9.17, 15) is 19.7 Å². The molecule has 0 saturated carbocycles. The van der Waals surface area contributed by atoms with Crippen molar-refractivity contribution in [2.24, 2.45) is 16.8 Å². The zero-order chi connectivity index (χ0) is 32.1. The Kier molecular flexibility index (Phi) is 13.4. The third-order valence-electron chi connectivity index (χ3n) is 7.16. The molecule has 13 nitrogen and oxygen atoms in total. The van der Waals surface area contributed by atoms with E-state index < -0.39 is 35.4 Å². The van der Waals surface area contributed by atoms with Crippen LogP contribution >= 0.6 is 0 Å². The van der Waals surface area contributed by atoms with E-state index in [0.717, 1.165) is 22.3 Å². The van der Waals surface area contributed by atoms with Gasteiger partial charge < -0.3 is 35.9 Å². The zero-order valence-corrected chi connectivity index (χ0v) is 25.8. The zero-order valence-electron chi connectivity index (χ0n) is 25.8. The molecular formula is C31H44N6O7. The number of nitrogens with one attached hydrogen (secondary N) is 3. The molecule has 0 saturated heterocycles. The van der Waals surface area contributed by atoms with Gasteiger partial charge in [-0.05, 0) is 61.3 Å². The molecule has 2 aromatic carbocycles. The highest BCUT2D eigenvalue weighted by Crippen LogP contribution is 2.44. The van der Waals surface area contributed by atoms with Crippen molar-refractivity contribution in [3.05, 3.63) is 69.8 Å². The number of amides is 2. The molecule has 0 aromatic heterocycles. The van der Waals surface area contributed by atoms with E-state index in [1.807, 2.05) is 64.1 Å². The Labute approximate surface area is 258 Å². The number of benzene rings is 2. The van der Waals surface area contributed by atoms with Gasteiger partial charge in [-0.3, -0.25) is 4.79 Å². The first-order valence-electron chi connectivity index (χ1n) is 15.0. The molecule has 0 radical (unpaired) electrons. The fourth-order valence-electron chi connectivity index (χ4n) is 5.34. The van der Waals surface area contributed by atoms with Crippen LogP contribution in [0, 0.1) is 16.0 Å². The Hall–Kier alpha value is -4.23. The quantitative estimate of drug-likeness (QED) is 0.0517. The number of ether oxygens (including phenoxy) is 3. The van der Waals surface area contributed by atoms with Gasteiger partial charge in [0.2, 0.25) is 5.91 Å². The first kappa shape index (κ1) is 34.3. The standard InChI is InChI=1S/C31H44N6O7/c1-5-42-29(43-6-2)27(18-20(3)4)34-28(38)26(16-11-17-33-30(32)36-37(40)41)35-31(39)44-19-25-23-14-9-7-12-21(23)22-13-8-10-15-24(22)25/h7-10,12-15,20,25-27,29H,5-6,11,16-19H2,1-4H3,(H,34,38)(H,35,39)(H3,32,33,36)/t26-,27-/m0/s1. The van der Waals surface area contributed by atoms with E-state index in [-0.39, 0.29) is 37.4 Å². The lowest BCUT2D eigenvalue weighted by Gasteiger charge is -2.30. The molecule has 13 heteroatoms. The van der Waals surface area contributed by atoms with Crippen LogP contribution in [0.2, 0.25) is 0 Å². The van der Waals surface area contributed by atoms with Crippen molar-refractivity contribution in [2.75, 3.05) is 26.4 Å². The molecular weight excluding hydrogens is 568 g/mol. The number of guanidine groups is 1. The van der Waals surface area contributed by atoms with Gasteiger partial charge in [-0.2, -0.15) is 0 Å². The first-order chi connectivity index (χ1) is 21.1. The minimum atomic E-state index is -0.973. The highest BCUT2D eigenvalue weighted by atomic mass is 16.7. The van der Waals surface area contributed by atoms with Crippen LogP contribution in [-0.2, 0) is 19.0 Å². The summed E-state index contributed by atoms with van der Waals surface area (Å²) in [4.78, 5) is 37.2. The van der Waals surface area contributed by atoms with Crippen LogP contribution in [0.1, 0.15) is 64.0 Å². The Bertz CT molecular complexity index is 1240. The maximum absolute atomic E-state index is 13.6. The molecule has 1 aliphatic rings. The third kappa shape index (κ3) is 9.91. The second kappa shape index (κ2) is 17.2. The van der Waals surface area contributed by atoms with Crippen molar-refractivity contribution < 1.29 is 28.8 Å². The molecule has 240 valence electrons. The predicted molar refractivity (Wildman–Crippen MR) is 166 cm³/mol. The summed E-state index contributed by atoms with van der Waals surface area (Å²) >= 11 is 0. The number of nitro groups is 1. The number of fused-ring (bicyclic) bond motifs is 3. The van der Waals surface area contributed by atoms with Gasteiger partial charge in [0.25, 0.3) is 5.96 Å². The molecule has 44 heavy (non-hydrogen) atoms. The molecule has 0 bridgehead atoms. The van der Waals surface area contributed by atoms with Crippen LogP contribution in [0.3, 0.4) is 0 Å². The first-order valence-corrected chi connectivity index (χ1v) is 15.0. The predicted octanol–water partition coefficient (Wildman–Crippen LogP) is 3.70. The van der Waals surface area contributed by atoms with Gasteiger partial charge >= 0.3 is 6.09 Å². The van der Waals surface area contributed by atoms with Crippen LogP contribution in [0.25, 0.3) is 11.1 Å². The minimum Gasteiger partial charge on any atom is -0.449 e. The van der Waals surface area contributed by atoms with Crippen molar-refractivity contribution >= 4 is 18.0 Å². The molecule has 3 rings (SSSR count). The Morgan fingerprint density at radius 2 is 1.59 bits per heavy atom. The second-order valence-corrected chi connectivity index (χ2v) is 10.8. The van der Waals surface area contributed by atoms with Gasteiger partial charge in [-0.15, -0.1) is 0 Å². The average molecular weight is 613 g/mol. The van der Waals surface area contributed by atoms with Gasteiger partial charge in [0.05, 0.1) is 6.04 Å². The van der Waals surface area contributed by atoms with Crippen molar-refractivity contribution in [1.29, 1.82) is 0 Å². The summed E-state index contributed by atoms with van der Waals surface area (Å²) in [7, 11) is 0. The fraction of sp³-hybridized carbons (Fsp3) is 0.516. The molecule has 1 aliphatic carbocycles. The summed E-state index contributed by atoms with van der Waals surface area (Å²) in [6.07, 6.45) is -0.280. The summed E-state index contributed by atoms with van der Waals surface area (Å²) in [5.41, 5.74) is 9.87. The van der Waals surface area contributed by atoms with E-state index >= 15 is 0 Å². The molecule has 0 unspecified atom stereocenters. The van der Waals surface area contributed by atoms with E-state index in [4.69, 9.17) is 19.9 Å². The largest absolute Gasteiger partial charge is 0.449 e. The summed E-state index contributed by atoms with van der Waals surface area (Å²) < 4.78 is 17.2. The van der Waals surface area contributed by atoms with Gasteiger partial charge in [-0.25, -0.2) is 14.9 Å². The Morgan fingerprint density at radius 1 is 1.00 bits per heavy atom. The fourth-order valence-corrected chi connectivity index (χ4v) is 5.34. The van der Waals surface area contributed by atoms with Crippen LogP contribution in [0.4, 0.5) is 4.79 Å². The van der Waals surface area contributed by atoms with Gasteiger partial charge in [0.15, 0.2) is 11.3 Å². The van der Waals surface area contributed by atoms with E-state index in [0.29, 0.717) is 26.1 Å². The number of hydrogen-bond donors (Lipinski definition) is 4. The maximum atomic E-state index is 13.6. The molecule has 2 aromatic rings. The molecule has 5 N–H and O–H groups in total. The summed E-state index contributed by atoms with van der Waals surface area (Å²) in [5, 5.41) is 21.0.